The zero-order valence-corrected chi connectivity index (χ0v) is 15.4. The number of likely N-dealkylation sites (N-methyl/N-ethyl adjacent to an activating group) is 1. The van der Waals surface area contributed by atoms with Gasteiger partial charge < -0.3 is 10.2 Å². The van der Waals surface area contributed by atoms with Crippen molar-refractivity contribution >= 4 is 15.7 Å². The molecule has 7 heteroatoms. The number of piperidine rings is 1. The Morgan fingerprint density at radius 1 is 1.26 bits per heavy atom. The summed E-state index contributed by atoms with van der Waals surface area (Å²) in [4.78, 5) is 16.5. The Labute approximate surface area is 140 Å². The summed E-state index contributed by atoms with van der Waals surface area (Å²) in [7, 11) is -1.05. The van der Waals surface area contributed by atoms with Gasteiger partial charge in [0.25, 0.3) is 0 Å². The minimum Gasteiger partial charge on any atom is -0.352 e. The molecule has 2 heterocycles. The van der Waals surface area contributed by atoms with Crippen molar-refractivity contribution in [2.24, 2.45) is 5.92 Å². The molecule has 23 heavy (non-hydrogen) atoms. The van der Waals surface area contributed by atoms with E-state index < -0.39 is 9.84 Å². The topological polar surface area (TPSA) is 69.7 Å². The van der Waals surface area contributed by atoms with E-state index >= 15 is 0 Å². The molecular formula is C16H31N3O3S. The van der Waals surface area contributed by atoms with E-state index in [9.17, 15) is 13.2 Å². The summed E-state index contributed by atoms with van der Waals surface area (Å²) in [6, 6.07) is 0.241. The van der Waals surface area contributed by atoms with Crippen LogP contribution in [0.5, 0.6) is 0 Å². The summed E-state index contributed by atoms with van der Waals surface area (Å²) in [5.74, 6) is 1.12. The van der Waals surface area contributed by atoms with E-state index in [-0.39, 0.29) is 36.0 Å². The van der Waals surface area contributed by atoms with Crippen LogP contribution in [0, 0.1) is 5.92 Å². The van der Waals surface area contributed by atoms with Crippen LogP contribution in [0.3, 0.4) is 0 Å². The second kappa shape index (κ2) is 7.94. The zero-order chi connectivity index (χ0) is 17.0. The Morgan fingerprint density at radius 3 is 2.43 bits per heavy atom. The van der Waals surface area contributed by atoms with E-state index in [4.69, 9.17) is 0 Å². The molecule has 0 saturated carbocycles. The Kier molecular flexibility index (Phi) is 6.45. The lowest BCUT2D eigenvalue weighted by Crippen LogP contribution is -2.48. The third-order valence-electron chi connectivity index (χ3n) is 4.80. The molecule has 0 radical (unpaired) electrons. The van der Waals surface area contributed by atoms with Gasteiger partial charge in [-0.1, -0.05) is 13.8 Å². The van der Waals surface area contributed by atoms with Crippen molar-refractivity contribution < 1.29 is 13.2 Å². The third kappa shape index (κ3) is 6.04. The van der Waals surface area contributed by atoms with Crippen LogP contribution in [0.2, 0.25) is 0 Å². The van der Waals surface area contributed by atoms with Crippen LogP contribution in [-0.2, 0) is 14.6 Å². The van der Waals surface area contributed by atoms with Crippen LogP contribution in [0.1, 0.15) is 33.1 Å². The summed E-state index contributed by atoms with van der Waals surface area (Å²) >= 11 is 0. The first-order chi connectivity index (χ1) is 10.7. The van der Waals surface area contributed by atoms with Gasteiger partial charge in [-0.2, -0.15) is 0 Å². The first kappa shape index (κ1) is 18.7. The summed E-state index contributed by atoms with van der Waals surface area (Å²) < 4.78 is 23.0. The molecule has 1 N–H and O–H groups in total. The fourth-order valence-corrected chi connectivity index (χ4v) is 5.33. The highest BCUT2D eigenvalue weighted by Gasteiger charge is 2.31. The van der Waals surface area contributed by atoms with Gasteiger partial charge >= 0.3 is 0 Å². The lowest BCUT2D eigenvalue weighted by molar-refractivity contribution is -0.123. The van der Waals surface area contributed by atoms with Gasteiger partial charge in [0.05, 0.1) is 18.1 Å². The zero-order valence-electron chi connectivity index (χ0n) is 14.6. The molecule has 1 unspecified atom stereocenters. The van der Waals surface area contributed by atoms with Gasteiger partial charge in [-0.15, -0.1) is 0 Å². The molecule has 0 spiro atoms. The molecule has 2 fully saturated rings. The molecule has 134 valence electrons. The molecule has 2 saturated heterocycles. The van der Waals surface area contributed by atoms with Crippen molar-refractivity contribution in [2.45, 2.75) is 45.2 Å². The van der Waals surface area contributed by atoms with Gasteiger partial charge in [0.15, 0.2) is 9.84 Å². The van der Waals surface area contributed by atoms with Gasteiger partial charge in [0.1, 0.15) is 0 Å². The maximum Gasteiger partial charge on any atom is 0.234 e. The van der Waals surface area contributed by atoms with Crippen molar-refractivity contribution in [2.75, 3.05) is 44.7 Å². The van der Waals surface area contributed by atoms with Crippen LogP contribution >= 0.6 is 0 Å². The van der Waals surface area contributed by atoms with Gasteiger partial charge in [-0.05, 0) is 32.2 Å². The summed E-state index contributed by atoms with van der Waals surface area (Å²) in [6.07, 6.45) is 2.64. The average Bonchev–Trinajstić information content (AvgIpc) is 2.81. The normalized spacial score (nSPS) is 26.0. The smallest absolute Gasteiger partial charge is 0.234 e. The van der Waals surface area contributed by atoms with Crippen LogP contribution in [0.4, 0.5) is 0 Å². The number of nitrogens with zero attached hydrogens (tertiary/aromatic N) is 2. The first-order valence-electron chi connectivity index (χ1n) is 8.67. The fourth-order valence-electron chi connectivity index (χ4n) is 3.53. The van der Waals surface area contributed by atoms with Crippen LogP contribution in [-0.4, -0.2) is 80.9 Å². The number of rotatable bonds is 6. The average molecular weight is 346 g/mol. The molecule has 2 aliphatic heterocycles. The largest absolute Gasteiger partial charge is 0.352 e. The molecule has 2 rings (SSSR count). The molecule has 0 aromatic rings. The van der Waals surface area contributed by atoms with E-state index in [2.05, 4.69) is 24.1 Å². The fraction of sp³-hybridized carbons (Fsp3) is 0.938. The molecule has 0 aromatic carbocycles. The highest BCUT2D eigenvalue weighted by atomic mass is 32.2. The highest BCUT2D eigenvalue weighted by molar-refractivity contribution is 7.91. The Hall–Kier alpha value is -0.660. The monoisotopic (exact) mass is 345 g/mol. The number of hydrogen-bond donors (Lipinski definition) is 1. The molecule has 6 nitrogen and oxygen atoms in total. The van der Waals surface area contributed by atoms with E-state index in [1.54, 1.807) is 0 Å². The first-order valence-corrected chi connectivity index (χ1v) is 10.5. The number of carbonyl (C=O) groups is 1. The molecular weight excluding hydrogens is 314 g/mol. The SMILES string of the molecule is CC(C)CN1CCC(NC(=O)CN(C)C2CCS(=O)(=O)C2)CC1. The van der Waals surface area contributed by atoms with E-state index in [0.29, 0.717) is 12.3 Å². The lowest BCUT2D eigenvalue weighted by Gasteiger charge is -2.33. The summed E-state index contributed by atoms with van der Waals surface area (Å²) in [5, 5.41) is 3.11. The van der Waals surface area contributed by atoms with Crippen molar-refractivity contribution in [1.29, 1.82) is 0 Å². The van der Waals surface area contributed by atoms with Gasteiger partial charge in [0, 0.05) is 31.7 Å². The number of amides is 1. The Bertz CT molecular complexity index is 499. The second-order valence-electron chi connectivity index (χ2n) is 7.51. The number of likely N-dealkylation sites (tertiary alicyclic amines) is 1. The van der Waals surface area contributed by atoms with Crippen LogP contribution < -0.4 is 5.32 Å². The van der Waals surface area contributed by atoms with Crippen molar-refractivity contribution in [3.8, 4) is 0 Å². The number of hydrogen-bond acceptors (Lipinski definition) is 5. The van der Waals surface area contributed by atoms with E-state index in [0.717, 1.165) is 32.5 Å². The van der Waals surface area contributed by atoms with Crippen molar-refractivity contribution in [3.63, 3.8) is 0 Å². The Balaban J connectivity index is 1.69. The van der Waals surface area contributed by atoms with E-state index in [1.165, 1.54) is 0 Å². The number of carbonyl (C=O) groups excluding carboxylic acids is 1. The second-order valence-corrected chi connectivity index (χ2v) is 9.74. The van der Waals surface area contributed by atoms with Crippen molar-refractivity contribution in [3.05, 3.63) is 0 Å². The third-order valence-corrected chi connectivity index (χ3v) is 6.55. The molecule has 2 aliphatic rings. The summed E-state index contributed by atoms with van der Waals surface area (Å²) in [5.41, 5.74) is 0. The lowest BCUT2D eigenvalue weighted by atomic mass is 10.0. The molecule has 0 bridgehead atoms. The van der Waals surface area contributed by atoms with Gasteiger partial charge in [-0.25, -0.2) is 8.42 Å². The van der Waals surface area contributed by atoms with Gasteiger partial charge in [0.2, 0.25) is 5.91 Å². The standard InChI is InChI=1S/C16H31N3O3S/c1-13(2)10-19-7-4-14(5-8-19)17-16(20)11-18(3)15-6-9-23(21,22)12-15/h13-15H,4-12H2,1-3H3,(H,17,20). The summed E-state index contributed by atoms with van der Waals surface area (Å²) in [6.45, 7) is 7.95. The highest BCUT2D eigenvalue weighted by Crippen LogP contribution is 2.16. The van der Waals surface area contributed by atoms with Crippen molar-refractivity contribution in [1.82, 2.24) is 15.1 Å². The van der Waals surface area contributed by atoms with Gasteiger partial charge in [-0.3, -0.25) is 9.69 Å². The molecule has 1 amide bonds. The molecule has 1 atom stereocenters. The Morgan fingerprint density at radius 2 is 1.91 bits per heavy atom. The minimum atomic E-state index is -2.90. The van der Waals surface area contributed by atoms with Crippen LogP contribution in [0.15, 0.2) is 0 Å². The number of nitrogens with one attached hydrogen (secondary N) is 1. The van der Waals surface area contributed by atoms with E-state index in [1.807, 2.05) is 11.9 Å². The van der Waals surface area contributed by atoms with Crippen LogP contribution in [0.25, 0.3) is 0 Å². The predicted octanol–water partition coefficient (Wildman–Crippen LogP) is 0.342. The molecule has 0 aliphatic carbocycles. The minimum absolute atomic E-state index is 0.0131. The number of sulfone groups is 1. The maximum atomic E-state index is 12.2. The quantitative estimate of drug-likeness (QED) is 0.752. The maximum absolute atomic E-state index is 12.2. The molecule has 0 aromatic heterocycles. The predicted molar refractivity (Wildman–Crippen MR) is 92.1 cm³/mol.